The van der Waals surface area contributed by atoms with E-state index < -0.39 is 6.16 Å². The number of H-pyrrole nitrogens is 1. The summed E-state index contributed by atoms with van der Waals surface area (Å²) < 4.78 is 9.38. The highest BCUT2D eigenvalue weighted by molar-refractivity contribution is 5.78. The molecule has 0 aromatic carbocycles. The molecule has 2 heterocycles. The number of hydrogen-bond donors (Lipinski definition) is 2. The molecule has 2 aromatic rings. The summed E-state index contributed by atoms with van der Waals surface area (Å²) in [4.78, 5) is 17.1. The Bertz CT molecular complexity index is 506. The Kier molecular flexibility index (Phi) is 2.17. The van der Waals surface area contributed by atoms with Crippen LogP contribution < -0.4 is 9.47 Å². The number of aromatic amines is 1. The van der Waals surface area contributed by atoms with Gasteiger partial charge in [-0.05, 0) is 6.07 Å². The predicted molar refractivity (Wildman–Crippen MR) is 51.3 cm³/mol. The summed E-state index contributed by atoms with van der Waals surface area (Å²) in [6, 6.07) is 4.89. The Morgan fingerprint density at radius 1 is 1.53 bits per heavy atom. The summed E-state index contributed by atoms with van der Waals surface area (Å²) in [6.45, 7) is 0. The number of nitrogens with one attached hydrogen (secondary N) is 1. The molecule has 0 aliphatic heterocycles. The van der Waals surface area contributed by atoms with Crippen LogP contribution in [-0.4, -0.2) is 28.3 Å². The van der Waals surface area contributed by atoms with Gasteiger partial charge in [-0.25, -0.2) is 9.78 Å². The number of fused-ring (bicyclic) bond motifs is 1. The Labute approximate surface area is 84.5 Å². The lowest BCUT2D eigenvalue weighted by Gasteiger charge is -1.95. The average molecular weight is 208 g/mol. The normalized spacial score (nSPS) is 10.2. The second-order valence-electron chi connectivity index (χ2n) is 2.79. The zero-order valence-electron chi connectivity index (χ0n) is 7.85. The second kappa shape index (κ2) is 3.49. The number of carboxylic acid groups (broad SMARTS) is 1. The molecule has 2 aromatic heterocycles. The summed E-state index contributed by atoms with van der Waals surface area (Å²) in [6.07, 6.45) is -1.37. The molecule has 0 amide bonds. The van der Waals surface area contributed by atoms with Crippen LogP contribution in [0, 0.1) is 0 Å². The van der Waals surface area contributed by atoms with Crippen molar-refractivity contribution < 1.29 is 19.4 Å². The van der Waals surface area contributed by atoms with Crippen molar-refractivity contribution in [3.63, 3.8) is 0 Å². The Hall–Kier alpha value is -2.24. The van der Waals surface area contributed by atoms with Crippen molar-refractivity contribution in [2.24, 2.45) is 0 Å². The minimum atomic E-state index is -1.37. The van der Waals surface area contributed by atoms with E-state index in [1.807, 2.05) is 0 Å². The van der Waals surface area contributed by atoms with Crippen molar-refractivity contribution in [3.05, 3.63) is 18.2 Å². The fourth-order valence-electron chi connectivity index (χ4n) is 1.23. The molecule has 0 radical (unpaired) electrons. The van der Waals surface area contributed by atoms with Gasteiger partial charge in [0.05, 0.1) is 18.1 Å². The van der Waals surface area contributed by atoms with Crippen LogP contribution in [0.4, 0.5) is 4.79 Å². The summed E-state index contributed by atoms with van der Waals surface area (Å²) in [7, 11) is 1.51. The average Bonchev–Trinajstić information content (AvgIpc) is 2.57. The lowest BCUT2D eigenvalue weighted by molar-refractivity contribution is 0.143. The van der Waals surface area contributed by atoms with Crippen molar-refractivity contribution in [2.75, 3.05) is 7.11 Å². The first-order valence-electron chi connectivity index (χ1n) is 4.13. The molecular formula is C9H8N2O4. The van der Waals surface area contributed by atoms with Crippen LogP contribution in [0.25, 0.3) is 11.0 Å². The van der Waals surface area contributed by atoms with Crippen LogP contribution in [0.15, 0.2) is 18.2 Å². The third-order valence-corrected chi connectivity index (χ3v) is 1.83. The Morgan fingerprint density at radius 3 is 3.00 bits per heavy atom. The highest BCUT2D eigenvalue weighted by Crippen LogP contribution is 2.21. The smallest absolute Gasteiger partial charge is 0.481 e. The number of ether oxygens (including phenoxy) is 2. The number of carbonyl (C=O) groups is 1. The number of aromatic nitrogens is 2. The van der Waals surface area contributed by atoms with E-state index in [0.29, 0.717) is 16.9 Å². The van der Waals surface area contributed by atoms with Crippen LogP contribution in [0.3, 0.4) is 0 Å². The van der Waals surface area contributed by atoms with Gasteiger partial charge in [-0.15, -0.1) is 0 Å². The molecule has 78 valence electrons. The molecule has 0 saturated heterocycles. The first kappa shape index (κ1) is 9.32. The molecule has 6 heteroatoms. The van der Waals surface area contributed by atoms with E-state index in [1.54, 1.807) is 12.1 Å². The van der Waals surface area contributed by atoms with E-state index in [0.717, 1.165) is 0 Å². The van der Waals surface area contributed by atoms with Gasteiger partial charge in [-0.1, -0.05) is 0 Å². The minimum absolute atomic E-state index is 0.137. The van der Waals surface area contributed by atoms with Crippen LogP contribution in [0.1, 0.15) is 0 Å². The summed E-state index contributed by atoms with van der Waals surface area (Å²) in [5.41, 5.74) is 1.28. The van der Waals surface area contributed by atoms with E-state index in [1.165, 1.54) is 13.2 Å². The van der Waals surface area contributed by atoms with Crippen molar-refractivity contribution in [1.29, 1.82) is 0 Å². The van der Waals surface area contributed by atoms with E-state index in [4.69, 9.17) is 9.84 Å². The highest BCUT2D eigenvalue weighted by Gasteiger charge is 2.07. The number of methoxy groups -OCH3 is 1. The van der Waals surface area contributed by atoms with Gasteiger partial charge in [-0.3, -0.25) is 0 Å². The second-order valence-corrected chi connectivity index (χ2v) is 2.79. The molecule has 0 spiro atoms. The number of pyridine rings is 1. The molecule has 0 bridgehead atoms. The molecule has 0 unspecified atom stereocenters. The summed E-state index contributed by atoms with van der Waals surface area (Å²) >= 11 is 0. The first-order valence-corrected chi connectivity index (χ1v) is 4.13. The Morgan fingerprint density at radius 2 is 2.33 bits per heavy atom. The maximum absolute atomic E-state index is 10.3. The highest BCUT2D eigenvalue weighted by atomic mass is 16.7. The third kappa shape index (κ3) is 1.83. The van der Waals surface area contributed by atoms with Gasteiger partial charge in [0.1, 0.15) is 0 Å². The SMILES string of the molecule is COc1ccc2[nH]c(OC(=O)O)cc2n1. The van der Waals surface area contributed by atoms with E-state index in [2.05, 4.69) is 14.7 Å². The van der Waals surface area contributed by atoms with Gasteiger partial charge in [-0.2, -0.15) is 0 Å². The number of hydrogen-bond acceptors (Lipinski definition) is 4. The van der Waals surface area contributed by atoms with Crippen molar-refractivity contribution in [1.82, 2.24) is 9.97 Å². The van der Waals surface area contributed by atoms with Crippen LogP contribution in [-0.2, 0) is 0 Å². The summed E-state index contributed by atoms with van der Waals surface area (Å²) in [5.74, 6) is 0.599. The van der Waals surface area contributed by atoms with Crippen LogP contribution in [0.5, 0.6) is 11.8 Å². The molecule has 0 aliphatic rings. The van der Waals surface area contributed by atoms with Crippen molar-refractivity contribution in [2.45, 2.75) is 0 Å². The van der Waals surface area contributed by atoms with Crippen LogP contribution in [0.2, 0.25) is 0 Å². The fraction of sp³-hybridized carbons (Fsp3) is 0.111. The van der Waals surface area contributed by atoms with E-state index in [9.17, 15) is 4.79 Å². The molecule has 0 aliphatic carbocycles. The molecule has 0 saturated carbocycles. The van der Waals surface area contributed by atoms with Gasteiger partial charge in [0, 0.05) is 12.1 Å². The van der Waals surface area contributed by atoms with Gasteiger partial charge in [0.25, 0.3) is 0 Å². The van der Waals surface area contributed by atoms with Gasteiger partial charge in [0.15, 0.2) is 0 Å². The minimum Gasteiger partial charge on any atom is -0.481 e. The molecular weight excluding hydrogens is 200 g/mol. The standard InChI is InChI=1S/C9H8N2O4/c1-14-7-3-2-5-6(11-7)4-8(10-5)15-9(12)13/h2-4,10H,1H3,(H,12,13). The number of nitrogens with zero attached hydrogens (tertiary/aromatic N) is 1. The van der Waals surface area contributed by atoms with Crippen LogP contribution >= 0.6 is 0 Å². The largest absolute Gasteiger partial charge is 0.512 e. The fourth-order valence-corrected chi connectivity index (χ4v) is 1.23. The quantitative estimate of drug-likeness (QED) is 0.732. The molecule has 0 fully saturated rings. The molecule has 6 nitrogen and oxygen atoms in total. The van der Waals surface area contributed by atoms with E-state index >= 15 is 0 Å². The molecule has 2 rings (SSSR count). The van der Waals surface area contributed by atoms with Gasteiger partial charge in [0.2, 0.25) is 11.8 Å². The van der Waals surface area contributed by atoms with Gasteiger partial charge < -0.3 is 19.6 Å². The Balaban J connectivity index is 2.42. The monoisotopic (exact) mass is 208 g/mol. The predicted octanol–water partition coefficient (Wildman–Crippen LogP) is 1.63. The maximum atomic E-state index is 10.3. The zero-order valence-corrected chi connectivity index (χ0v) is 7.85. The maximum Gasteiger partial charge on any atom is 0.512 e. The van der Waals surface area contributed by atoms with Gasteiger partial charge >= 0.3 is 6.16 Å². The van der Waals surface area contributed by atoms with E-state index in [-0.39, 0.29) is 5.88 Å². The molecule has 15 heavy (non-hydrogen) atoms. The van der Waals surface area contributed by atoms with Crippen molar-refractivity contribution >= 4 is 17.2 Å². The molecule has 2 N–H and O–H groups in total. The third-order valence-electron chi connectivity index (χ3n) is 1.83. The zero-order chi connectivity index (χ0) is 10.8. The summed E-state index contributed by atoms with van der Waals surface area (Å²) in [5, 5.41) is 8.41. The first-order chi connectivity index (χ1) is 7.19. The lowest BCUT2D eigenvalue weighted by Crippen LogP contribution is -2.02. The van der Waals surface area contributed by atoms with Crippen molar-refractivity contribution in [3.8, 4) is 11.8 Å². The molecule has 0 atom stereocenters. The topological polar surface area (TPSA) is 84.4 Å². The lowest BCUT2D eigenvalue weighted by atomic mass is 10.4. The number of rotatable bonds is 2.